The van der Waals surface area contributed by atoms with Crippen molar-refractivity contribution >= 4 is 11.6 Å². The molecular formula is C18H27ClN+. The normalized spacial score (nSPS) is 34.1. The zero-order valence-corrected chi connectivity index (χ0v) is 14.0. The largest absolute Gasteiger partial charge is 0.325 e. The molecule has 1 nitrogen and oxygen atoms in total. The van der Waals surface area contributed by atoms with E-state index in [1.807, 2.05) is 12.1 Å². The summed E-state index contributed by atoms with van der Waals surface area (Å²) in [6.07, 6.45) is 4.03. The molecular weight excluding hydrogens is 266 g/mol. The maximum atomic E-state index is 6.01. The Balaban J connectivity index is 1.88. The molecule has 0 N–H and O–H groups in total. The molecule has 110 valence electrons. The highest BCUT2D eigenvalue weighted by molar-refractivity contribution is 6.30. The van der Waals surface area contributed by atoms with Crippen molar-refractivity contribution in [3.8, 4) is 0 Å². The number of halogens is 1. The van der Waals surface area contributed by atoms with Crippen LogP contribution in [0, 0.1) is 17.3 Å². The molecule has 1 aromatic carbocycles. The van der Waals surface area contributed by atoms with Gasteiger partial charge in [-0.15, -0.1) is 0 Å². The van der Waals surface area contributed by atoms with Crippen molar-refractivity contribution in [1.29, 1.82) is 0 Å². The first kappa shape index (κ1) is 14.4. The number of likely N-dealkylation sites (tertiary alicyclic amines) is 1. The lowest BCUT2D eigenvalue weighted by atomic mass is 9.67. The Morgan fingerprint density at radius 3 is 2.45 bits per heavy atom. The van der Waals surface area contributed by atoms with Gasteiger partial charge in [-0.3, -0.25) is 0 Å². The smallest absolute Gasteiger partial charge is 0.0960 e. The monoisotopic (exact) mass is 292 g/mol. The van der Waals surface area contributed by atoms with Gasteiger partial charge in [0.1, 0.15) is 0 Å². The van der Waals surface area contributed by atoms with Gasteiger partial charge < -0.3 is 4.48 Å². The van der Waals surface area contributed by atoms with E-state index in [1.165, 1.54) is 35.9 Å². The minimum atomic E-state index is 0.519. The maximum absolute atomic E-state index is 6.01. The zero-order chi connectivity index (χ0) is 14.5. The van der Waals surface area contributed by atoms with Crippen LogP contribution in [0.2, 0.25) is 5.02 Å². The summed E-state index contributed by atoms with van der Waals surface area (Å²) >= 11 is 6.01. The number of quaternary nitrogens is 1. The van der Waals surface area contributed by atoms with Gasteiger partial charge in [0, 0.05) is 23.3 Å². The van der Waals surface area contributed by atoms with Crippen LogP contribution in [-0.4, -0.2) is 31.2 Å². The molecule has 0 radical (unpaired) electrons. The number of nitrogens with zero attached hydrogens (tertiary/aromatic N) is 1. The van der Waals surface area contributed by atoms with Crippen molar-refractivity contribution in [2.24, 2.45) is 17.3 Å². The van der Waals surface area contributed by atoms with Crippen molar-refractivity contribution < 1.29 is 4.48 Å². The second-order valence-electron chi connectivity index (χ2n) is 8.06. The predicted octanol–water partition coefficient (Wildman–Crippen LogP) is 4.39. The van der Waals surface area contributed by atoms with E-state index in [1.54, 1.807) is 0 Å². The van der Waals surface area contributed by atoms with Crippen LogP contribution in [0.25, 0.3) is 0 Å². The summed E-state index contributed by atoms with van der Waals surface area (Å²) in [6.45, 7) is 6.34. The van der Waals surface area contributed by atoms with Gasteiger partial charge in [-0.05, 0) is 36.0 Å². The fourth-order valence-corrected chi connectivity index (χ4v) is 5.01. The molecule has 1 aromatic rings. The molecule has 2 aliphatic rings. The van der Waals surface area contributed by atoms with E-state index in [4.69, 9.17) is 11.6 Å². The molecule has 3 unspecified atom stereocenters. The average molecular weight is 293 g/mol. The Hall–Kier alpha value is -0.530. The van der Waals surface area contributed by atoms with Crippen LogP contribution in [0.15, 0.2) is 24.3 Å². The van der Waals surface area contributed by atoms with Gasteiger partial charge in [0.25, 0.3) is 0 Å². The lowest BCUT2D eigenvalue weighted by Crippen LogP contribution is -2.62. The van der Waals surface area contributed by atoms with Crippen molar-refractivity contribution in [2.45, 2.75) is 39.2 Å². The first-order valence-electron chi connectivity index (χ1n) is 7.88. The van der Waals surface area contributed by atoms with E-state index in [0.717, 1.165) is 22.9 Å². The van der Waals surface area contributed by atoms with E-state index < -0.39 is 0 Å². The number of hydrogen-bond acceptors (Lipinski definition) is 0. The number of likely N-dealkylation sites (N-methyl/N-ethyl adjacent to an activating group) is 1. The molecule has 20 heavy (non-hydrogen) atoms. The molecule has 1 aliphatic carbocycles. The molecule has 1 saturated carbocycles. The molecule has 0 amide bonds. The highest BCUT2D eigenvalue weighted by Crippen LogP contribution is 2.55. The minimum absolute atomic E-state index is 0.519. The predicted molar refractivity (Wildman–Crippen MR) is 85.9 cm³/mol. The quantitative estimate of drug-likeness (QED) is 0.709. The van der Waals surface area contributed by atoms with Crippen LogP contribution in [0.1, 0.15) is 32.3 Å². The first-order valence-corrected chi connectivity index (χ1v) is 8.25. The Bertz CT molecular complexity index is 489. The Morgan fingerprint density at radius 1 is 1.15 bits per heavy atom. The zero-order valence-electron chi connectivity index (χ0n) is 13.2. The molecule has 1 aliphatic heterocycles. The molecule has 0 spiro atoms. The molecule has 0 aromatic heterocycles. The number of benzene rings is 1. The molecule has 3 atom stereocenters. The fourth-order valence-electron chi connectivity index (χ4n) is 4.88. The van der Waals surface area contributed by atoms with Crippen LogP contribution in [0.4, 0.5) is 0 Å². The summed E-state index contributed by atoms with van der Waals surface area (Å²) in [5.41, 5.74) is 1.96. The molecule has 1 saturated heterocycles. The Morgan fingerprint density at radius 2 is 1.80 bits per heavy atom. The van der Waals surface area contributed by atoms with Gasteiger partial charge >= 0.3 is 0 Å². The van der Waals surface area contributed by atoms with Gasteiger partial charge in [0.2, 0.25) is 0 Å². The van der Waals surface area contributed by atoms with Crippen molar-refractivity contribution in [3.63, 3.8) is 0 Å². The van der Waals surface area contributed by atoms with E-state index >= 15 is 0 Å². The van der Waals surface area contributed by atoms with Crippen molar-refractivity contribution in [1.82, 2.24) is 0 Å². The summed E-state index contributed by atoms with van der Waals surface area (Å²) in [7, 11) is 4.86. The standard InChI is InChI=1S/C18H27ClN/c1-18(2)14-7-10-16(18)17(20(3,4)12-14)11-13-5-8-15(19)9-6-13/h5-6,8-9,14,16-17H,7,10-12H2,1-4H3/q+1. The number of rotatable bonds is 2. The third-order valence-electron chi connectivity index (χ3n) is 6.25. The van der Waals surface area contributed by atoms with Crippen LogP contribution < -0.4 is 0 Å². The van der Waals surface area contributed by atoms with Gasteiger partial charge in [-0.25, -0.2) is 0 Å². The summed E-state index contributed by atoms with van der Waals surface area (Å²) in [5, 5.41) is 0.840. The van der Waals surface area contributed by atoms with Crippen molar-refractivity contribution in [2.75, 3.05) is 20.6 Å². The summed E-state index contributed by atoms with van der Waals surface area (Å²) < 4.78 is 1.18. The van der Waals surface area contributed by atoms with E-state index in [0.29, 0.717) is 5.41 Å². The number of hydrogen-bond donors (Lipinski definition) is 0. The third kappa shape index (κ3) is 2.29. The second kappa shape index (κ2) is 4.74. The van der Waals surface area contributed by atoms with Crippen LogP contribution in [-0.2, 0) is 6.42 Å². The topological polar surface area (TPSA) is 0 Å². The summed E-state index contributed by atoms with van der Waals surface area (Å²) in [6, 6.07) is 9.21. The fraction of sp³-hybridized carbons (Fsp3) is 0.667. The van der Waals surface area contributed by atoms with Gasteiger partial charge in [0.05, 0.1) is 26.7 Å². The number of fused-ring (bicyclic) bond motifs is 2. The van der Waals surface area contributed by atoms with Crippen molar-refractivity contribution in [3.05, 3.63) is 34.9 Å². The van der Waals surface area contributed by atoms with Gasteiger partial charge in [0.15, 0.2) is 0 Å². The first-order chi connectivity index (χ1) is 9.30. The second-order valence-corrected chi connectivity index (χ2v) is 8.50. The van der Waals surface area contributed by atoms with E-state index in [2.05, 4.69) is 40.1 Å². The van der Waals surface area contributed by atoms with E-state index in [-0.39, 0.29) is 0 Å². The van der Waals surface area contributed by atoms with E-state index in [9.17, 15) is 0 Å². The highest BCUT2D eigenvalue weighted by atomic mass is 35.5. The maximum Gasteiger partial charge on any atom is 0.0960 e. The van der Waals surface area contributed by atoms with Crippen LogP contribution in [0.5, 0.6) is 0 Å². The molecule has 2 bridgehead atoms. The Labute approximate surface area is 128 Å². The molecule has 2 fully saturated rings. The van der Waals surface area contributed by atoms with Crippen LogP contribution in [0.3, 0.4) is 0 Å². The highest BCUT2D eigenvalue weighted by Gasteiger charge is 2.57. The average Bonchev–Trinajstić information content (AvgIpc) is 2.54. The van der Waals surface area contributed by atoms with Gasteiger partial charge in [-0.1, -0.05) is 37.6 Å². The lowest BCUT2D eigenvalue weighted by Gasteiger charge is -2.52. The third-order valence-corrected chi connectivity index (χ3v) is 6.50. The lowest BCUT2D eigenvalue weighted by molar-refractivity contribution is -0.929. The summed E-state index contributed by atoms with van der Waals surface area (Å²) in [4.78, 5) is 0. The summed E-state index contributed by atoms with van der Waals surface area (Å²) in [5.74, 6) is 1.76. The molecule has 1 heterocycles. The van der Waals surface area contributed by atoms with Gasteiger partial charge in [-0.2, -0.15) is 0 Å². The SMILES string of the molecule is CC1(C)C2CCC1C(Cc1ccc(Cl)cc1)[N+](C)(C)C2. The van der Waals surface area contributed by atoms with Crippen LogP contribution >= 0.6 is 11.6 Å². The minimum Gasteiger partial charge on any atom is -0.325 e. The molecule has 3 rings (SSSR count). The number of piperidine rings is 1. The molecule has 2 heteroatoms. The Kier molecular flexibility index (Phi) is 3.42.